The van der Waals surface area contributed by atoms with Gasteiger partial charge in [0.15, 0.2) is 0 Å². The Kier molecular flexibility index (Phi) is 3.94. The van der Waals surface area contributed by atoms with Crippen LogP contribution in [0.5, 0.6) is 0 Å². The Balaban J connectivity index is 1.49. The van der Waals surface area contributed by atoms with Crippen molar-refractivity contribution in [2.75, 3.05) is 55.8 Å². The summed E-state index contributed by atoms with van der Waals surface area (Å²) in [7, 11) is 0. The smallest absolute Gasteiger partial charge is 0.0984 e. The molecule has 0 radical (unpaired) electrons. The van der Waals surface area contributed by atoms with Crippen LogP contribution in [0, 0.1) is 0 Å². The molecule has 0 amide bonds. The molecule has 0 saturated carbocycles. The molecule has 3 aliphatic heterocycles. The average Bonchev–Trinajstić information content (AvgIpc) is 3.36. The zero-order chi connectivity index (χ0) is 14.9. The average molecular weight is 304 g/mol. The molecule has 1 aromatic carbocycles. The normalized spacial score (nSPS) is 28.3. The van der Waals surface area contributed by atoms with E-state index in [1.165, 1.54) is 11.4 Å². The first-order chi connectivity index (χ1) is 10.8. The molecule has 5 nitrogen and oxygen atoms in total. The molecular formula is C17H24N2O3. The number of hydrogen-bond acceptors (Lipinski definition) is 5. The Morgan fingerprint density at radius 3 is 1.77 bits per heavy atom. The summed E-state index contributed by atoms with van der Waals surface area (Å²) >= 11 is 0. The van der Waals surface area contributed by atoms with Crippen LogP contribution in [0.3, 0.4) is 0 Å². The largest absolute Gasteiger partial charge is 0.371 e. The fourth-order valence-electron chi connectivity index (χ4n) is 2.85. The maximum absolute atomic E-state index is 5.41. The number of likely N-dealkylation sites (N-methyl/N-ethyl adjacent to an activating group) is 1. The molecule has 4 rings (SSSR count). The third-order valence-electron chi connectivity index (χ3n) is 4.42. The molecule has 3 fully saturated rings. The molecule has 0 spiro atoms. The van der Waals surface area contributed by atoms with Gasteiger partial charge in [-0.3, -0.25) is 0 Å². The van der Waals surface area contributed by atoms with E-state index in [1.54, 1.807) is 0 Å². The monoisotopic (exact) mass is 304 g/mol. The van der Waals surface area contributed by atoms with Gasteiger partial charge in [0.2, 0.25) is 0 Å². The van der Waals surface area contributed by atoms with Gasteiger partial charge in [-0.25, -0.2) is 0 Å². The van der Waals surface area contributed by atoms with Crippen molar-refractivity contribution >= 4 is 11.4 Å². The molecule has 3 heterocycles. The van der Waals surface area contributed by atoms with Crippen molar-refractivity contribution < 1.29 is 14.2 Å². The molecule has 120 valence electrons. The SMILES string of the molecule is CCN(CC1CO1)c1cccc(N(CC2CO2)CC2CO2)c1. The Morgan fingerprint density at radius 1 is 0.864 bits per heavy atom. The van der Waals surface area contributed by atoms with Crippen LogP contribution >= 0.6 is 0 Å². The highest BCUT2D eigenvalue weighted by atomic mass is 16.6. The number of benzene rings is 1. The van der Waals surface area contributed by atoms with Gasteiger partial charge in [-0.15, -0.1) is 0 Å². The second-order valence-electron chi connectivity index (χ2n) is 6.33. The first kappa shape index (κ1) is 14.3. The van der Waals surface area contributed by atoms with E-state index in [0.717, 1.165) is 46.0 Å². The Labute approximate surface area is 131 Å². The molecule has 3 saturated heterocycles. The lowest BCUT2D eigenvalue weighted by atomic mass is 10.2. The lowest BCUT2D eigenvalue weighted by molar-refractivity contribution is 0.389. The van der Waals surface area contributed by atoms with E-state index in [2.05, 4.69) is 41.0 Å². The summed E-state index contributed by atoms with van der Waals surface area (Å²) in [6.07, 6.45) is 1.20. The van der Waals surface area contributed by atoms with Crippen LogP contribution in [0.15, 0.2) is 24.3 Å². The number of nitrogens with zero attached hydrogens (tertiary/aromatic N) is 2. The number of rotatable bonds is 9. The molecule has 3 aliphatic rings. The van der Waals surface area contributed by atoms with Gasteiger partial charge in [-0.1, -0.05) is 6.07 Å². The van der Waals surface area contributed by atoms with Gasteiger partial charge in [-0.05, 0) is 25.1 Å². The van der Waals surface area contributed by atoms with E-state index < -0.39 is 0 Å². The molecule has 0 N–H and O–H groups in total. The summed E-state index contributed by atoms with van der Waals surface area (Å²) in [6, 6.07) is 8.82. The van der Waals surface area contributed by atoms with Crippen LogP contribution in [0.2, 0.25) is 0 Å². The highest BCUT2D eigenvalue weighted by Crippen LogP contribution is 2.27. The van der Waals surface area contributed by atoms with Crippen LogP contribution < -0.4 is 9.80 Å². The van der Waals surface area contributed by atoms with Crippen molar-refractivity contribution in [3.63, 3.8) is 0 Å². The molecule has 3 unspecified atom stereocenters. The zero-order valence-corrected chi connectivity index (χ0v) is 13.1. The zero-order valence-electron chi connectivity index (χ0n) is 13.1. The van der Waals surface area contributed by atoms with Gasteiger partial charge in [0, 0.05) is 37.6 Å². The van der Waals surface area contributed by atoms with Crippen molar-refractivity contribution in [2.24, 2.45) is 0 Å². The van der Waals surface area contributed by atoms with Crippen LogP contribution in [0.4, 0.5) is 11.4 Å². The highest BCUT2D eigenvalue weighted by Gasteiger charge is 2.31. The second-order valence-corrected chi connectivity index (χ2v) is 6.33. The molecule has 1 aromatic rings. The van der Waals surface area contributed by atoms with Gasteiger partial charge in [-0.2, -0.15) is 0 Å². The maximum Gasteiger partial charge on any atom is 0.0984 e. The van der Waals surface area contributed by atoms with E-state index in [0.29, 0.717) is 18.3 Å². The molecule has 22 heavy (non-hydrogen) atoms. The number of ether oxygens (including phenoxy) is 3. The molecule has 0 aliphatic carbocycles. The minimum atomic E-state index is 0.393. The predicted molar refractivity (Wildman–Crippen MR) is 85.8 cm³/mol. The van der Waals surface area contributed by atoms with Gasteiger partial charge in [0.05, 0.1) is 38.1 Å². The van der Waals surface area contributed by atoms with Gasteiger partial charge >= 0.3 is 0 Å². The van der Waals surface area contributed by atoms with E-state index in [-0.39, 0.29) is 0 Å². The van der Waals surface area contributed by atoms with Crippen molar-refractivity contribution in [2.45, 2.75) is 25.2 Å². The van der Waals surface area contributed by atoms with E-state index in [9.17, 15) is 0 Å². The minimum absolute atomic E-state index is 0.393. The Hall–Kier alpha value is -1.30. The van der Waals surface area contributed by atoms with Crippen molar-refractivity contribution in [1.82, 2.24) is 0 Å². The quantitative estimate of drug-likeness (QED) is 0.647. The lowest BCUT2D eigenvalue weighted by Gasteiger charge is -2.27. The van der Waals surface area contributed by atoms with E-state index >= 15 is 0 Å². The third kappa shape index (κ3) is 3.72. The Bertz CT molecular complexity index is 498. The molecule has 0 bridgehead atoms. The number of epoxide rings is 3. The summed E-state index contributed by atoms with van der Waals surface area (Å²) in [6.45, 7) is 8.79. The van der Waals surface area contributed by atoms with Gasteiger partial charge < -0.3 is 24.0 Å². The van der Waals surface area contributed by atoms with Crippen LogP contribution in [-0.2, 0) is 14.2 Å². The van der Waals surface area contributed by atoms with E-state index in [1.807, 2.05) is 0 Å². The third-order valence-corrected chi connectivity index (χ3v) is 4.42. The standard InChI is InChI=1S/C17H24N2O3/c1-2-18(7-15-10-20-15)13-4-3-5-14(6-13)19(8-16-11-21-16)9-17-12-22-17/h3-6,15-17H,2,7-12H2,1H3. The van der Waals surface area contributed by atoms with Crippen molar-refractivity contribution in [3.8, 4) is 0 Å². The molecule has 3 atom stereocenters. The van der Waals surface area contributed by atoms with Crippen LogP contribution in [0.25, 0.3) is 0 Å². The van der Waals surface area contributed by atoms with Gasteiger partial charge in [0.25, 0.3) is 0 Å². The molecule has 0 aromatic heterocycles. The summed E-state index contributed by atoms with van der Waals surface area (Å²) in [5.74, 6) is 0. The minimum Gasteiger partial charge on any atom is -0.371 e. The van der Waals surface area contributed by atoms with Crippen LogP contribution in [-0.4, -0.2) is 64.3 Å². The number of hydrogen-bond donors (Lipinski definition) is 0. The van der Waals surface area contributed by atoms with Gasteiger partial charge in [0.1, 0.15) is 0 Å². The first-order valence-corrected chi connectivity index (χ1v) is 8.26. The topological polar surface area (TPSA) is 44.1 Å². The summed E-state index contributed by atoms with van der Waals surface area (Å²) < 4.78 is 16.2. The number of anilines is 2. The predicted octanol–water partition coefficient (Wildman–Crippen LogP) is 1.52. The summed E-state index contributed by atoms with van der Waals surface area (Å²) in [5.41, 5.74) is 2.53. The fraction of sp³-hybridized carbons (Fsp3) is 0.647. The van der Waals surface area contributed by atoms with E-state index in [4.69, 9.17) is 14.2 Å². The first-order valence-electron chi connectivity index (χ1n) is 8.26. The fourth-order valence-corrected chi connectivity index (χ4v) is 2.85. The lowest BCUT2D eigenvalue weighted by Crippen LogP contribution is -2.32. The highest BCUT2D eigenvalue weighted by molar-refractivity contribution is 5.60. The Morgan fingerprint density at radius 2 is 1.32 bits per heavy atom. The second kappa shape index (κ2) is 6.07. The molecular weight excluding hydrogens is 280 g/mol. The van der Waals surface area contributed by atoms with Crippen LogP contribution in [0.1, 0.15) is 6.92 Å². The van der Waals surface area contributed by atoms with Crippen molar-refractivity contribution in [3.05, 3.63) is 24.3 Å². The maximum atomic E-state index is 5.41. The summed E-state index contributed by atoms with van der Waals surface area (Å²) in [5, 5.41) is 0. The van der Waals surface area contributed by atoms with Crippen molar-refractivity contribution in [1.29, 1.82) is 0 Å². The molecule has 5 heteroatoms. The summed E-state index contributed by atoms with van der Waals surface area (Å²) in [4.78, 5) is 4.79.